The Kier molecular flexibility index (Phi) is 3.96. The number of nitrogens with zero attached hydrogens (tertiary/aromatic N) is 2. The second-order valence-corrected chi connectivity index (χ2v) is 7.10. The number of hydrogen-bond acceptors (Lipinski definition) is 4. The quantitative estimate of drug-likeness (QED) is 0.865. The van der Waals surface area contributed by atoms with E-state index in [1.54, 1.807) is 6.07 Å². The Morgan fingerprint density at radius 2 is 1.80 bits per heavy atom. The van der Waals surface area contributed by atoms with E-state index < -0.39 is 9.84 Å². The standard InChI is InChI=1S/C15H16N2O2S/c1-17(9-10-20(2,18)19)15-8-7-12(11-16)13-5-3-4-6-14(13)15/h3-8H,9-10H2,1-2H3. The highest BCUT2D eigenvalue weighted by Gasteiger charge is 2.11. The number of rotatable bonds is 4. The molecule has 5 heteroatoms. The van der Waals surface area contributed by atoms with E-state index in [4.69, 9.17) is 5.26 Å². The van der Waals surface area contributed by atoms with Gasteiger partial charge in [-0.05, 0) is 12.1 Å². The minimum atomic E-state index is -2.99. The van der Waals surface area contributed by atoms with E-state index >= 15 is 0 Å². The summed E-state index contributed by atoms with van der Waals surface area (Å²) in [4.78, 5) is 1.91. The summed E-state index contributed by atoms with van der Waals surface area (Å²) in [5.41, 5.74) is 1.56. The summed E-state index contributed by atoms with van der Waals surface area (Å²) in [6.07, 6.45) is 1.23. The first-order valence-corrected chi connectivity index (χ1v) is 8.29. The van der Waals surface area contributed by atoms with E-state index in [-0.39, 0.29) is 5.75 Å². The molecule has 20 heavy (non-hydrogen) atoms. The van der Waals surface area contributed by atoms with Gasteiger partial charge in [-0.2, -0.15) is 5.26 Å². The molecule has 0 unspecified atom stereocenters. The van der Waals surface area contributed by atoms with Crippen molar-refractivity contribution in [3.05, 3.63) is 42.0 Å². The minimum absolute atomic E-state index is 0.109. The van der Waals surface area contributed by atoms with Crippen LogP contribution >= 0.6 is 0 Å². The molecule has 0 aliphatic rings. The molecule has 0 saturated carbocycles. The Hall–Kier alpha value is -2.06. The van der Waals surface area contributed by atoms with Gasteiger partial charge in [-0.3, -0.25) is 0 Å². The van der Waals surface area contributed by atoms with E-state index in [9.17, 15) is 8.42 Å². The normalized spacial score (nSPS) is 11.2. The average Bonchev–Trinajstić information content (AvgIpc) is 2.42. The lowest BCUT2D eigenvalue weighted by Crippen LogP contribution is -2.25. The molecular formula is C15H16N2O2S. The molecule has 0 aliphatic heterocycles. The largest absolute Gasteiger partial charge is 0.373 e. The molecule has 0 amide bonds. The number of nitriles is 1. The number of fused-ring (bicyclic) bond motifs is 1. The number of sulfone groups is 1. The number of benzene rings is 2. The minimum Gasteiger partial charge on any atom is -0.373 e. The smallest absolute Gasteiger partial charge is 0.149 e. The average molecular weight is 288 g/mol. The predicted molar refractivity (Wildman–Crippen MR) is 81.6 cm³/mol. The molecule has 0 fully saturated rings. The lowest BCUT2D eigenvalue weighted by atomic mass is 10.0. The van der Waals surface area contributed by atoms with E-state index in [1.165, 1.54) is 6.26 Å². The van der Waals surface area contributed by atoms with Crippen LogP contribution in [0.5, 0.6) is 0 Å². The topological polar surface area (TPSA) is 61.2 Å². The molecule has 0 bridgehead atoms. The summed E-state index contributed by atoms with van der Waals surface area (Å²) in [7, 11) is -1.13. The van der Waals surface area contributed by atoms with Gasteiger partial charge in [0.1, 0.15) is 9.84 Å². The molecule has 0 saturated heterocycles. The van der Waals surface area contributed by atoms with Crippen LogP contribution in [-0.4, -0.2) is 34.0 Å². The summed E-state index contributed by atoms with van der Waals surface area (Å²) in [5.74, 6) is 0.109. The van der Waals surface area contributed by atoms with Crippen molar-refractivity contribution < 1.29 is 8.42 Å². The van der Waals surface area contributed by atoms with Crippen LogP contribution in [0.4, 0.5) is 5.69 Å². The van der Waals surface area contributed by atoms with Crippen molar-refractivity contribution >= 4 is 26.3 Å². The zero-order valence-electron chi connectivity index (χ0n) is 11.5. The third-order valence-corrected chi connectivity index (χ3v) is 4.15. The van der Waals surface area contributed by atoms with Crippen molar-refractivity contribution in [3.8, 4) is 6.07 Å². The van der Waals surface area contributed by atoms with Gasteiger partial charge in [-0.25, -0.2) is 8.42 Å². The van der Waals surface area contributed by atoms with Crippen LogP contribution in [0.2, 0.25) is 0 Å². The van der Waals surface area contributed by atoms with Gasteiger partial charge in [0.25, 0.3) is 0 Å². The Morgan fingerprint density at radius 3 is 2.40 bits per heavy atom. The molecule has 4 nitrogen and oxygen atoms in total. The first-order chi connectivity index (χ1) is 9.42. The van der Waals surface area contributed by atoms with Crippen molar-refractivity contribution in [2.75, 3.05) is 30.5 Å². The van der Waals surface area contributed by atoms with E-state index in [0.29, 0.717) is 12.1 Å². The predicted octanol–water partition coefficient (Wildman–Crippen LogP) is 2.19. The van der Waals surface area contributed by atoms with Crippen molar-refractivity contribution in [1.29, 1.82) is 5.26 Å². The number of anilines is 1. The van der Waals surface area contributed by atoms with Crippen LogP contribution < -0.4 is 4.90 Å². The molecule has 104 valence electrons. The highest BCUT2D eigenvalue weighted by Crippen LogP contribution is 2.28. The first kappa shape index (κ1) is 14.4. The van der Waals surface area contributed by atoms with Gasteiger partial charge in [0.2, 0.25) is 0 Å². The lowest BCUT2D eigenvalue weighted by molar-refractivity contribution is 0.601. The Labute approximate surface area is 119 Å². The molecule has 0 aliphatic carbocycles. The third kappa shape index (κ3) is 3.09. The van der Waals surface area contributed by atoms with Gasteiger partial charge >= 0.3 is 0 Å². The molecule has 0 spiro atoms. The fraction of sp³-hybridized carbons (Fsp3) is 0.267. The summed E-state index contributed by atoms with van der Waals surface area (Å²) in [6, 6.07) is 13.5. The molecule has 0 radical (unpaired) electrons. The van der Waals surface area contributed by atoms with Crippen LogP contribution in [0.25, 0.3) is 10.8 Å². The lowest BCUT2D eigenvalue weighted by Gasteiger charge is -2.21. The molecule has 2 rings (SSSR count). The second-order valence-electron chi connectivity index (χ2n) is 4.84. The van der Waals surface area contributed by atoms with Crippen molar-refractivity contribution in [3.63, 3.8) is 0 Å². The van der Waals surface area contributed by atoms with Crippen LogP contribution in [-0.2, 0) is 9.84 Å². The van der Waals surface area contributed by atoms with Gasteiger partial charge < -0.3 is 4.90 Å². The van der Waals surface area contributed by atoms with Gasteiger partial charge in [-0.15, -0.1) is 0 Å². The second kappa shape index (κ2) is 5.51. The zero-order chi connectivity index (χ0) is 14.8. The first-order valence-electron chi connectivity index (χ1n) is 6.23. The summed E-state index contributed by atoms with van der Waals surface area (Å²) in [5, 5.41) is 11.0. The van der Waals surface area contributed by atoms with Crippen molar-refractivity contribution in [2.24, 2.45) is 0 Å². The molecule has 0 N–H and O–H groups in total. The Morgan fingerprint density at radius 1 is 1.15 bits per heavy atom. The van der Waals surface area contributed by atoms with Crippen LogP contribution in [0.3, 0.4) is 0 Å². The van der Waals surface area contributed by atoms with Gasteiger partial charge in [-0.1, -0.05) is 24.3 Å². The molecule has 0 aromatic heterocycles. The Bertz CT molecular complexity index is 776. The fourth-order valence-electron chi connectivity index (χ4n) is 2.14. The molecule has 0 atom stereocenters. The SMILES string of the molecule is CN(CCS(C)(=O)=O)c1ccc(C#N)c2ccccc12. The summed E-state index contributed by atoms with van der Waals surface area (Å²) in [6.45, 7) is 0.425. The summed E-state index contributed by atoms with van der Waals surface area (Å²) >= 11 is 0. The zero-order valence-corrected chi connectivity index (χ0v) is 12.3. The highest BCUT2D eigenvalue weighted by atomic mass is 32.2. The van der Waals surface area contributed by atoms with E-state index in [2.05, 4.69) is 6.07 Å². The highest BCUT2D eigenvalue weighted by molar-refractivity contribution is 7.90. The van der Waals surface area contributed by atoms with Crippen molar-refractivity contribution in [2.45, 2.75) is 0 Å². The van der Waals surface area contributed by atoms with Crippen molar-refractivity contribution in [1.82, 2.24) is 0 Å². The maximum absolute atomic E-state index is 11.3. The molecular weight excluding hydrogens is 272 g/mol. The number of hydrogen-bond donors (Lipinski definition) is 0. The van der Waals surface area contributed by atoms with Gasteiger partial charge in [0.05, 0.1) is 17.4 Å². The third-order valence-electron chi connectivity index (χ3n) is 3.23. The maximum Gasteiger partial charge on any atom is 0.149 e. The molecule has 0 heterocycles. The van der Waals surface area contributed by atoms with Gasteiger partial charge in [0, 0.05) is 36.3 Å². The van der Waals surface area contributed by atoms with Crippen LogP contribution in [0.15, 0.2) is 36.4 Å². The monoisotopic (exact) mass is 288 g/mol. The van der Waals surface area contributed by atoms with Crippen LogP contribution in [0.1, 0.15) is 5.56 Å². The molecule has 2 aromatic rings. The van der Waals surface area contributed by atoms with Gasteiger partial charge in [0.15, 0.2) is 0 Å². The Balaban J connectivity index is 2.43. The maximum atomic E-state index is 11.3. The van der Waals surface area contributed by atoms with Crippen LogP contribution in [0, 0.1) is 11.3 Å². The summed E-state index contributed by atoms with van der Waals surface area (Å²) < 4.78 is 22.5. The molecule has 2 aromatic carbocycles. The van der Waals surface area contributed by atoms with E-state index in [1.807, 2.05) is 42.3 Å². The fourth-order valence-corrected chi connectivity index (χ4v) is 2.74. The van der Waals surface area contributed by atoms with E-state index in [0.717, 1.165) is 16.5 Å².